The van der Waals surface area contributed by atoms with Gasteiger partial charge in [-0.2, -0.15) is 0 Å². The van der Waals surface area contributed by atoms with Crippen LogP contribution >= 0.6 is 11.8 Å². The molecule has 0 amide bonds. The molecule has 0 fully saturated rings. The van der Waals surface area contributed by atoms with Crippen LogP contribution in [0, 0.1) is 5.82 Å². The monoisotopic (exact) mass is 265 g/mol. The summed E-state index contributed by atoms with van der Waals surface area (Å²) in [5.74, 6) is 6.06. The lowest BCUT2D eigenvalue weighted by Gasteiger charge is -2.08. The number of aromatic nitrogens is 2. The van der Waals surface area contributed by atoms with Crippen molar-refractivity contribution in [1.29, 1.82) is 0 Å². The second-order valence-electron chi connectivity index (χ2n) is 3.40. The molecule has 0 saturated heterocycles. The first-order valence-corrected chi connectivity index (χ1v) is 6.36. The number of nitrogens with zero attached hydrogens (tertiary/aromatic N) is 2. The van der Waals surface area contributed by atoms with Crippen LogP contribution in [0.1, 0.15) is 0 Å². The van der Waals surface area contributed by atoms with Gasteiger partial charge in [-0.3, -0.25) is 0 Å². The molecule has 5 nitrogen and oxygen atoms in total. The molecule has 0 unspecified atom stereocenters. The van der Waals surface area contributed by atoms with Gasteiger partial charge in [-0.05, 0) is 24.5 Å². The van der Waals surface area contributed by atoms with Crippen molar-refractivity contribution in [2.24, 2.45) is 5.84 Å². The molecule has 94 valence electrons. The van der Waals surface area contributed by atoms with Crippen molar-refractivity contribution in [3.8, 4) is 0 Å². The van der Waals surface area contributed by atoms with E-state index < -0.39 is 0 Å². The highest BCUT2D eigenvalue weighted by molar-refractivity contribution is 7.98. The highest BCUT2D eigenvalue weighted by Crippen LogP contribution is 2.20. The van der Waals surface area contributed by atoms with Crippen LogP contribution < -0.4 is 16.6 Å². The van der Waals surface area contributed by atoms with Crippen LogP contribution in [0.15, 0.2) is 35.5 Å². The van der Waals surface area contributed by atoms with Gasteiger partial charge in [0.2, 0.25) is 0 Å². The van der Waals surface area contributed by atoms with E-state index in [2.05, 4.69) is 20.7 Å². The van der Waals surface area contributed by atoms with Gasteiger partial charge in [-0.25, -0.2) is 20.2 Å². The number of benzene rings is 1. The Hall–Kier alpha value is -1.86. The standard InChI is InChI=1S/C11H12FN5S/c1-18-11-15-9(6-10(16-11)17-13)14-8-4-2-3-7(12)5-8/h2-6H,13H2,1H3,(H2,14,15,16,17). The summed E-state index contributed by atoms with van der Waals surface area (Å²) in [6.07, 6.45) is 1.86. The van der Waals surface area contributed by atoms with E-state index in [0.717, 1.165) is 0 Å². The maximum absolute atomic E-state index is 13.1. The van der Waals surface area contributed by atoms with Crippen LogP contribution in [0.5, 0.6) is 0 Å². The average Bonchev–Trinajstić information content (AvgIpc) is 2.38. The van der Waals surface area contributed by atoms with Gasteiger partial charge in [0.15, 0.2) is 5.16 Å². The van der Waals surface area contributed by atoms with Gasteiger partial charge in [-0.1, -0.05) is 17.8 Å². The Bertz CT molecular complexity index is 526. The molecule has 4 N–H and O–H groups in total. The van der Waals surface area contributed by atoms with Gasteiger partial charge < -0.3 is 10.7 Å². The molecule has 0 aliphatic rings. The molecule has 0 saturated carbocycles. The number of hydrogen-bond acceptors (Lipinski definition) is 6. The van der Waals surface area contributed by atoms with E-state index in [4.69, 9.17) is 5.84 Å². The smallest absolute Gasteiger partial charge is 0.191 e. The van der Waals surface area contributed by atoms with Crippen LogP contribution in [0.4, 0.5) is 21.7 Å². The first kappa shape index (κ1) is 12.6. The van der Waals surface area contributed by atoms with Crippen molar-refractivity contribution in [2.45, 2.75) is 5.16 Å². The molecule has 0 spiro atoms. The zero-order valence-corrected chi connectivity index (χ0v) is 10.5. The summed E-state index contributed by atoms with van der Waals surface area (Å²) in [4.78, 5) is 8.38. The SMILES string of the molecule is CSc1nc(NN)cc(Nc2cccc(F)c2)n1. The van der Waals surface area contributed by atoms with Crippen molar-refractivity contribution in [2.75, 3.05) is 17.0 Å². The lowest BCUT2D eigenvalue weighted by atomic mass is 10.3. The van der Waals surface area contributed by atoms with Crippen molar-refractivity contribution >= 4 is 29.1 Å². The van der Waals surface area contributed by atoms with Crippen LogP contribution in [-0.2, 0) is 0 Å². The molecule has 0 aliphatic heterocycles. The Balaban J connectivity index is 2.28. The molecule has 1 heterocycles. The molecule has 0 radical (unpaired) electrons. The fraction of sp³-hybridized carbons (Fsp3) is 0.0909. The first-order chi connectivity index (χ1) is 8.71. The summed E-state index contributed by atoms with van der Waals surface area (Å²) < 4.78 is 13.1. The zero-order chi connectivity index (χ0) is 13.0. The summed E-state index contributed by atoms with van der Waals surface area (Å²) in [7, 11) is 0. The third-order valence-corrected chi connectivity index (χ3v) is 2.68. The fourth-order valence-corrected chi connectivity index (χ4v) is 1.75. The van der Waals surface area contributed by atoms with Crippen LogP contribution in [0.25, 0.3) is 0 Å². The summed E-state index contributed by atoms with van der Waals surface area (Å²) >= 11 is 1.39. The van der Waals surface area contributed by atoms with Gasteiger partial charge in [0.1, 0.15) is 17.5 Å². The number of nitrogens with one attached hydrogen (secondary N) is 2. The Morgan fingerprint density at radius 3 is 2.67 bits per heavy atom. The van der Waals surface area contributed by atoms with E-state index in [-0.39, 0.29) is 5.82 Å². The minimum atomic E-state index is -0.309. The minimum absolute atomic E-state index is 0.309. The Morgan fingerprint density at radius 1 is 1.22 bits per heavy atom. The molecule has 0 bridgehead atoms. The van der Waals surface area contributed by atoms with E-state index in [9.17, 15) is 4.39 Å². The van der Waals surface area contributed by atoms with Crippen molar-refractivity contribution < 1.29 is 4.39 Å². The van der Waals surface area contributed by atoms with Gasteiger partial charge in [0, 0.05) is 11.8 Å². The number of rotatable bonds is 4. The van der Waals surface area contributed by atoms with Gasteiger partial charge in [0.05, 0.1) is 0 Å². The topological polar surface area (TPSA) is 75.9 Å². The largest absolute Gasteiger partial charge is 0.340 e. The van der Waals surface area contributed by atoms with Gasteiger partial charge >= 0.3 is 0 Å². The number of nitrogen functional groups attached to an aromatic ring is 1. The maximum atomic E-state index is 13.1. The Labute approximate surface area is 108 Å². The van der Waals surface area contributed by atoms with Gasteiger partial charge in [-0.15, -0.1) is 0 Å². The molecule has 1 aromatic heterocycles. The lowest BCUT2D eigenvalue weighted by Crippen LogP contribution is -2.10. The number of nitrogens with two attached hydrogens (primary N) is 1. The van der Waals surface area contributed by atoms with Crippen molar-refractivity contribution in [3.63, 3.8) is 0 Å². The molecule has 7 heteroatoms. The molecule has 2 rings (SSSR count). The fourth-order valence-electron chi connectivity index (χ4n) is 1.37. The number of hydrogen-bond donors (Lipinski definition) is 3. The summed E-state index contributed by atoms with van der Waals surface area (Å²) in [5.41, 5.74) is 3.08. The van der Waals surface area contributed by atoms with Crippen LogP contribution in [-0.4, -0.2) is 16.2 Å². The van der Waals surface area contributed by atoms with E-state index >= 15 is 0 Å². The Morgan fingerprint density at radius 2 is 2.00 bits per heavy atom. The second kappa shape index (κ2) is 5.65. The molecular formula is C11H12FN5S. The van der Waals surface area contributed by atoms with Crippen LogP contribution in [0.2, 0.25) is 0 Å². The Kier molecular flexibility index (Phi) is 3.96. The third kappa shape index (κ3) is 3.08. The molecule has 0 atom stereocenters. The van der Waals surface area contributed by atoms with E-state index in [1.165, 1.54) is 23.9 Å². The number of anilines is 3. The van der Waals surface area contributed by atoms with Crippen LogP contribution in [0.3, 0.4) is 0 Å². The van der Waals surface area contributed by atoms with E-state index in [1.807, 2.05) is 6.26 Å². The molecule has 1 aromatic carbocycles. The lowest BCUT2D eigenvalue weighted by molar-refractivity contribution is 0.628. The summed E-state index contributed by atoms with van der Waals surface area (Å²) in [6, 6.07) is 7.78. The highest BCUT2D eigenvalue weighted by atomic mass is 32.2. The zero-order valence-electron chi connectivity index (χ0n) is 9.64. The van der Waals surface area contributed by atoms with Gasteiger partial charge in [0.25, 0.3) is 0 Å². The second-order valence-corrected chi connectivity index (χ2v) is 4.18. The number of thioether (sulfide) groups is 1. The molecule has 0 aliphatic carbocycles. The number of hydrazine groups is 1. The van der Waals surface area contributed by atoms with E-state index in [0.29, 0.717) is 22.5 Å². The predicted molar refractivity (Wildman–Crippen MR) is 71.3 cm³/mol. The maximum Gasteiger partial charge on any atom is 0.191 e. The molecule has 2 aromatic rings. The highest BCUT2D eigenvalue weighted by Gasteiger charge is 2.04. The third-order valence-electron chi connectivity index (χ3n) is 2.13. The minimum Gasteiger partial charge on any atom is -0.340 e. The van der Waals surface area contributed by atoms with Crippen molar-refractivity contribution in [3.05, 3.63) is 36.1 Å². The quantitative estimate of drug-likeness (QED) is 0.341. The molecule has 18 heavy (non-hydrogen) atoms. The summed E-state index contributed by atoms with van der Waals surface area (Å²) in [5, 5.41) is 3.57. The predicted octanol–water partition coefficient (Wildman–Crippen LogP) is 2.37. The summed E-state index contributed by atoms with van der Waals surface area (Å²) in [6.45, 7) is 0. The number of halogens is 1. The van der Waals surface area contributed by atoms with E-state index in [1.54, 1.807) is 18.2 Å². The molecular weight excluding hydrogens is 253 g/mol. The van der Waals surface area contributed by atoms with Crippen molar-refractivity contribution in [1.82, 2.24) is 9.97 Å². The first-order valence-electron chi connectivity index (χ1n) is 5.13. The average molecular weight is 265 g/mol. The normalized spacial score (nSPS) is 10.2.